The Labute approximate surface area is 258 Å². The molecule has 1 aliphatic heterocycles. The zero-order valence-corrected chi connectivity index (χ0v) is 27.3. The highest BCUT2D eigenvalue weighted by Gasteiger charge is 2.48. The average molecular weight is 595 g/mol. The zero-order valence-electron chi connectivity index (χ0n) is 27.3. The molecule has 4 fully saturated rings. The van der Waals surface area contributed by atoms with Crippen LogP contribution in [-0.4, -0.2) is 17.4 Å². The first kappa shape index (κ1) is 34.6. The molecule has 6 heteroatoms. The van der Waals surface area contributed by atoms with Crippen LogP contribution in [0.2, 0.25) is 0 Å². The minimum atomic E-state index is -0.927. The largest absolute Gasteiger partial charge is 0.234 e. The smallest absolute Gasteiger partial charge is 0.195 e. The third-order valence-corrected chi connectivity index (χ3v) is 10.4. The van der Waals surface area contributed by atoms with E-state index in [0.29, 0.717) is 0 Å². The molecule has 0 aromatic carbocycles. The van der Waals surface area contributed by atoms with E-state index in [1.807, 2.05) is 0 Å². The Hall–Kier alpha value is -0.240. The van der Waals surface area contributed by atoms with Gasteiger partial charge in [-0.15, -0.1) is 0 Å². The molecule has 6 nitrogen and oxygen atoms in total. The summed E-state index contributed by atoms with van der Waals surface area (Å²) in [5.74, 6) is -2.78. The van der Waals surface area contributed by atoms with Crippen molar-refractivity contribution >= 4 is 0 Å². The molecular weight excluding hydrogens is 528 g/mol. The molecule has 0 aromatic rings. The zero-order chi connectivity index (χ0) is 29.1. The summed E-state index contributed by atoms with van der Waals surface area (Å²) in [6.07, 6.45) is 37.8. The molecule has 0 radical (unpaired) electrons. The lowest BCUT2D eigenvalue weighted by Gasteiger charge is -2.35. The molecule has 4 aliphatic rings. The summed E-state index contributed by atoms with van der Waals surface area (Å²) in [4.78, 5) is 39.2. The predicted molar refractivity (Wildman–Crippen MR) is 167 cm³/mol. The van der Waals surface area contributed by atoms with Gasteiger partial charge in [0.25, 0.3) is 0 Å². The predicted octanol–water partition coefficient (Wildman–Crippen LogP) is 11.8. The van der Waals surface area contributed by atoms with Crippen LogP contribution >= 0.6 is 0 Å². The van der Waals surface area contributed by atoms with Crippen LogP contribution in [0.1, 0.15) is 212 Å². The van der Waals surface area contributed by atoms with E-state index in [9.17, 15) is 0 Å². The van der Waals surface area contributed by atoms with Gasteiger partial charge in [-0.3, -0.25) is 0 Å². The Balaban J connectivity index is 1.58. The molecule has 1 heterocycles. The summed E-state index contributed by atoms with van der Waals surface area (Å²) < 4.78 is 0. The fourth-order valence-electron chi connectivity index (χ4n) is 7.45. The summed E-state index contributed by atoms with van der Waals surface area (Å²) in [6.45, 7) is 0. The maximum atomic E-state index is 6.53. The minimum Gasteiger partial charge on any atom is -0.195 e. The molecule has 4 rings (SSSR count). The molecule has 3 spiro atoms. The lowest BCUT2D eigenvalue weighted by Crippen LogP contribution is -2.42. The van der Waals surface area contributed by atoms with Gasteiger partial charge in [0, 0.05) is 38.5 Å². The van der Waals surface area contributed by atoms with Gasteiger partial charge in [0.15, 0.2) is 0 Å². The average Bonchev–Trinajstić information content (AvgIpc) is 3.04. The van der Waals surface area contributed by atoms with Gasteiger partial charge in [0.2, 0.25) is 17.4 Å². The Morgan fingerprint density at radius 2 is 0.286 bits per heavy atom. The van der Waals surface area contributed by atoms with Crippen LogP contribution in [0.4, 0.5) is 0 Å². The number of rotatable bonds is 0. The summed E-state index contributed by atoms with van der Waals surface area (Å²) in [5, 5.41) is 0. The second kappa shape index (κ2) is 20.0. The molecule has 0 atom stereocenters. The van der Waals surface area contributed by atoms with Crippen molar-refractivity contribution in [1.29, 1.82) is 0 Å². The van der Waals surface area contributed by atoms with Crippen LogP contribution in [0.15, 0.2) is 0 Å². The van der Waals surface area contributed by atoms with Crippen LogP contribution in [0, 0.1) is 0 Å². The van der Waals surface area contributed by atoms with Crippen molar-refractivity contribution in [3.63, 3.8) is 0 Å². The van der Waals surface area contributed by atoms with Crippen LogP contribution in [0.3, 0.4) is 0 Å². The van der Waals surface area contributed by atoms with Crippen molar-refractivity contribution in [2.24, 2.45) is 0 Å². The molecule has 42 heavy (non-hydrogen) atoms. The molecule has 3 aliphatic carbocycles. The third kappa shape index (κ3) is 12.6. The lowest BCUT2D eigenvalue weighted by atomic mass is 9.97. The van der Waals surface area contributed by atoms with Gasteiger partial charge < -0.3 is 0 Å². The molecule has 0 unspecified atom stereocenters. The van der Waals surface area contributed by atoms with E-state index >= 15 is 0 Å². The molecular formula is C36H66O6. The maximum absolute atomic E-state index is 6.53. The van der Waals surface area contributed by atoms with Gasteiger partial charge in [0.1, 0.15) is 0 Å². The van der Waals surface area contributed by atoms with E-state index in [1.165, 1.54) is 135 Å². The van der Waals surface area contributed by atoms with Crippen LogP contribution < -0.4 is 0 Å². The molecule has 1 saturated heterocycles. The van der Waals surface area contributed by atoms with Crippen LogP contribution in [0.25, 0.3) is 0 Å². The van der Waals surface area contributed by atoms with Crippen LogP contribution in [-0.2, 0) is 29.3 Å². The van der Waals surface area contributed by atoms with Crippen LogP contribution in [0.5, 0.6) is 0 Å². The van der Waals surface area contributed by atoms with E-state index in [0.717, 1.165) is 77.0 Å². The molecule has 3 saturated carbocycles. The summed E-state index contributed by atoms with van der Waals surface area (Å²) in [6, 6.07) is 0. The van der Waals surface area contributed by atoms with Crippen molar-refractivity contribution in [3.05, 3.63) is 0 Å². The third-order valence-electron chi connectivity index (χ3n) is 10.4. The quantitative estimate of drug-likeness (QED) is 0.260. The Bertz CT molecular complexity index is 539. The van der Waals surface area contributed by atoms with Gasteiger partial charge in [0.05, 0.1) is 0 Å². The minimum absolute atomic E-state index is 0.777. The van der Waals surface area contributed by atoms with E-state index in [4.69, 9.17) is 29.3 Å². The summed E-state index contributed by atoms with van der Waals surface area (Å²) in [7, 11) is 0. The van der Waals surface area contributed by atoms with Crippen molar-refractivity contribution in [3.8, 4) is 0 Å². The van der Waals surface area contributed by atoms with E-state index in [1.54, 1.807) is 0 Å². The maximum Gasteiger partial charge on any atom is 0.234 e. The summed E-state index contributed by atoms with van der Waals surface area (Å²) in [5.41, 5.74) is 0. The van der Waals surface area contributed by atoms with Gasteiger partial charge >= 0.3 is 0 Å². The lowest BCUT2D eigenvalue weighted by molar-refractivity contribution is -0.552. The molecule has 0 amide bonds. The SMILES string of the molecule is C1CCCCCC2(CCCCC1)OOC1(CCCCCCCCCCC1)OOC1(CCCCCCCCCCC1)OO2. The Morgan fingerprint density at radius 3 is 0.429 bits per heavy atom. The van der Waals surface area contributed by atoms with E-state index in [2.05, 4.69) is 0 Å². The van der Waals surface area contributed by atoms with Crippen molar-refractivity contribution in [1.82, 2.24) is 0 Å². The van der Waals surface area contributed by atoms with Gasteiger partial charge in [-0.1, -0.05) is 135 Å². The highest BCUT2D eigenvalue weighted by atomic mass is 17.4. The van der Waals surface area contributed by atoms with E-state index in [-0.39, 0.29) is 0 Å². The topological polar surface area (TPSA) is 55.4 Å². The van der Waals surface area contributed by atoms with Gasteiger partial charge in [-0.2, -0.15) is 29.3 Å². The molecule has 0 aromatic heterocycles. The van der Waals surface area contributed by atoms with Crippen molar-refractivity contribution < 1.29 is 29.3 Å². The Morgan fingerprint density at radius 1 is 0.167 bits per heavy atom. The molecule has 246 valence electrons. The second-order valence-electron chi connectivity index (χ2n) is 14.3. The highest BCUT2D eigenvalue weighted by molar-refractivity contribution is 4.76. The standard InChI is InChI=1S/C36H66O6/c1-4-10-16-22-28-34(29-23-17-11-5-1)37-39-35(30-24-18-12-6-2-7-13-19-25-31-35)41-42-36(40-38-34)32-26-20-14-8-3-9-15-21-27-33-36/h1-33H2. The second-order valence-corrected chi connectivity index (χ2v) is 14.3. The first-order chi connectivity index (χ1) is 20.7. The highest BCUT2D eigenvalue weighted by Crippen LogP contribution is 2.42. The van der Waals surface area contributed by atoms with Crippen molar-refractivity contribution in [2.75, 3.05) is 0 Å². The fraction of sp³-hybridized carbons (Fsp3) is 1.00. The van der Waals surface area contributed by atoms with E-state index < -0.39 is 17.4 Å². The van der Waals surface area contributed by atoms with Gasteiger partial charge in [-0.25, -0.2) is 0 Å². The van der Waals surface area contributed by atoms with Gasteiger partial charge in [-0.05, 0) is 38.5 Å². The normalized spacial score (nSPS) is 29.1. The first-order valence-corrected chi connectivity index (χ1v) is 18.8. The molecule has 0 N–H and O–H groups in total. The first-order valence-electron chi connectivity index (χ1n) is 18.8. The molecule has 0 bridgehead atoms. The van der Waals surface area contributed by atoms with Crippen molar-refractivity contribution in [2.45, 2.75) is 229 Å². The monoisotopic (exact) mass is 594 g/mol. The summed E-state index contributed by atoms with van der Waals surface area (Å²) >= 11 is 0. The number of hydrogen-bond donors (Lipinski definition) is 0. The Kier molecular flexibility index (Phi) is 16.5. The number of hydrogen-bond acceptors (Lipinski definition) is 6. The fourth-order valence-corrected chi connectivity index (χ4v) is 7.45.